The van der Waals surface area contributed by atoms with Crippen molar-refractivity contribution in [3.63, 3.8) is 0 Å². The van der Waals surface area contributed by atoms with Crippen molar-refractivity contribution >= 4 is 62.6 Å². The van der Waals surface area contributed by atoms with Crippen molar-refractivity contribution < 1.29 is 14.3 Å². The molecule has 4 rings (SSSR count). The van der Waals surface area contributed by atoms with Gasteiger partial charge in [0.1, 0.15) is 9.75 Å². The summed E-state index contributed by atoms with van der Waals surface area (Å²) in [7, 11) is 0. The number of para-hydroxylation sites is 1. The Morgan fingerprint density at radius 2 is 1.82 bits per heavy atom. The molecule has 1 heterocycles. The largest absolute Gasteiger partial charge is 0.455 e. The van der Waals surface area contributed by atoms with E-state index in [0.29, 0.717) is 12.1 Å². The van der Waals surface area contributed by atoms with Gasteiger partial charge in [0.2, 0.25) is 0 Å². The number of carbonyl (C=O) groups excluding carboxylic acids is 2. The van der Waals surface area contributed by atoms with Crippen LogP contribution in [0.3, 0.4) is 0 Å². The Morgan fingerprint density at radius 1 is 1.14 bits per heavy atom. The predicted octanol–water partition coefficient (Wildman–Crippen LogP) is 4.88. The highest BCUT2D eigenvalue weighted by molar-refractivity contribution is 6.53. The summed E-state index contributed by atoms with van der Waals surface area (Å²) in [5.41, 5.74) is 1.96. The molecule has 1 saturated carbocycles. The minimum absolute atomic E-state index is 0.321. The van der Waals surface area contributed by atoms with E-state index >= 15 is 0 Å². The van der Waals surface area contributed by atoms with Crippen LogP contribution in [0, 0.1) is 5.41 Å². The van der Waals surface area contributed by atoms with Crippen LogP contribution in [0.15, 0.2) is 42.5 Å². The zero-order valence-corrected chi connectivity index (χ0v) is 17.1. The number of ether oxygens (including phenoxy) is 1. The summed E-state index contributed by atoms with van der Waals surface area (Å²) < 4.78 is 6.22. The van der Waals surface area contributed by atoms with Crippen LogP contribution in [0.25, 0.3) is 21.8 Å². The number of rotatable bonds is 5. The average Bonchev–Trinajstić information content (AvgIpc) is 3.05. The topological polar surface area (TPSA) is 60.3 Å². The fraction of sp³-hybridized carbons (Fsp3) is 0.333. The lowest BCUT2D eigenvalue weighted by Gasteiger charge is -2.12. The predicted molar refractivity (Wildman–Crippen MR) is 112 cm³/mol. The van der Waals surface area contributed by atoms with Crippen molar-refractivity contribution in [3.8, 4) is 0 Å². The second-order valence-corrected chi connectivity index (χ2v) is 8.81. The number of anilines is 1. The van der Waals surface area contributed by atoms with E-state index in [9.17, 15) is 9.59 Å². The van der Waals surface area contributed by atoms with Crippen molar-refractivity contribution in [2.24, 2.45) is 5.41 Å². The number of alkyl halides is 2. The summed E-state index contributed by atoms with van der Waals surface area (Å²) in [4.78, 5) is 24.3. The molecule has 1 fully saturated rings. The molecule has 5 nitrogen and oxygen atoms in total. The van der Waals surface area contributed by atoms with Gasteiger partial charge in [-0.2, -0.15) is 0 Å². The summed E-state index contributed by atoms with van der Waals surface area (Å²) in [6.45, 7) is 4.21. The first-order chi connectivity index (χ1) is 13.3. The maximum atomic E-state index is 12.2. The van der Waals surface area contributed by atoms with Gasteiger partial charge in [-0.3, -0.25) is 9.59 Å². The Hall–Kier alpha value is -2.24. The van der Waals surface area contributed by atoms with Crippen LogP contribution in [-0.4, -0.2) is 27.4 Å². The molecule has 0 spiro atoms. The molecule has 3 aromatic rings. The van der Waals surface area contributed by atoms with Gasteiger partial charge >= 0.3 is 5.97 Å². The van der Waals surface area contributed by atoms with Gasteiger partial charge < -0.3 is 14.6 Å². The number of hydrogen-bond acceptors (Lipinski definition) is 3. The van der Waals surface area contributed by atoms with Crippen molar-refractivity contribution in [1.82, 2.24) is 4.57 Å². The number of esters is 1. The molecule has 1 amide bonds. The maximum Gasteiger partial charge on any atom is 0.315 e. The van der Waals surface area contributed by atoms with E-state index in [1.54, 1.807) is 6.92 Å². The molecule has 1 aliphatic rings. The van der Waals surface area contributed by atoms with Gasteiger partial charge in [0.15, 0.2) is 6.61 Å². The lowest BCUT2D eigenvalue weighted by Crippen LogP contribution is -2.26. The molecule has 2 aromatic carbocycles. The van der Waals surface area contributed by atoms with Gasteiger partial charge in [-0.1, -0.05) is 18.2 Å². The lowest BCUT2D eigenvalue weighted by atomic mass is 10.1. The van der Waals surface area contributed by atoms with Gasteiger partial charge in [0.25, 0.3) is 5.91 Å². The van der Waals surface area contributed by atoms with Crippen LogP contribution in [-0.2, 0) is 20.9 Å². The Kier molecular flexibility index (Phi) is 4.55. The quantitative estimate of drug-likeness (QED) is 0.474. The molecule has 0 radical (unpaired) electrons. The van der Waals surface area contributed by atoms with E-state index in [0.717, 1.165) is 28.4 Å². The summed E-state index contributed by atoms with van der Waals surface area (Å²) in [5.74, 6) is -0.972. The molecular formula is C21H20Cl2N2O3. The summed E-state index contributed by atoms with van der Waals surface area (Å²) in [6, 6.07) is 13.9. The molecule has 0 unspecified atom stereocenters. The van der Waals surface area contributed by atoms with E-state index in [2.05, 4.69) is 28.9 Å². The third-order valence-electron chi connectivity index (χ3n) is 5.42. The van der Waals surface area contributed by atoms with Crippen LogP contribution in [0.5, 0.6) is 0 Å². The first kappa shape index (κ1) is 19.1. The van der Waals surface area contributed by atoms with E-state index < -0.39 is 21.6 Å². The number of benzene rings is 2. The average molecular weight is 419 g/mol. The van der Waals surface area contributed by atoms with Crippen LogP contribution in [0.1, 0.15) is 20.3 Å². The second-order valence-electron chi connectivity index (χ2n) is 7.33. The van der Waals surface area contributed by atoms with Gasteiger partial charge in [-0.05, 0) is 38.1 Å². The second kappa shape index (κ2) is 6.68. The Bertz CT molecular complexity index is 1110. The van der Waals surface area contributed by atoms with E-state index in [1.165, 1.54) is 0 Å². The van der Waals surface area contributed by atoms with Crippen molar-refractivity contribution in [2.45, 2.75) is 31.1 Å². The highest BCUT2D eigenvalue weighted by Gasteiger charge is 2.69. The number of nitrogens with one attached hydrogen (secondary N) is 1. The molecule has 146 valence electrons. The van der Waals surface area contributed by atoms with Crippen molar-refractivity contribution in [2.75, 3.05) is 11.9 Å². The molecule has 1 aliphatic carbocycles. The van der Waals surface area contributed by atoms with Crippen LogP contribution < -0.4 is 5.32 Å². The van der Waals surface area contributed by atoms with E-state index in [4.69, 9.17) is 27.9 Å². The molecule has 1 N–H and O–H groups in total. The molecule has 0 bridgehead atoms. The smallest absolute Gasteiger partial charge is 0.315 e. The summed E-state index contributed by atoms with van der Waals surface area (Å²) in [5, 5.41) is 4.97. The minimum Gasteiger partial charge on any atom is -0.455 e. The molecular weight excluding hydrogens is 399 g/mol. The Morgan fingerprint density at radius 3 is 2.50 bits per heavy atom. The van der Waals surface area contributed by atoms with Crippen LogP contribution in [0.4, 0.5) is 5.69 Å². The van der Waals surface area contributed by atoms with Crippen LogP contribution in [0.2, 0.25) is 0 Å². The summed E-state index contributed by atoms with van der Waals surface area (Å²) in [6.07, 6.45) is 0.321. The highest BCUT2D eigenvalue weighted by atomic mass is 35.5. The molecule has 1 atom stereocenters. The number of hydrogen-bond donors (Lipinski definition) is 1. The third-order valence-corrected chi connectivity index (χ3v) is 6.52. The minimum atomic E-state index is -1.11. The Labute approximate surface area is 172 Å². The van der Waals surface area contributed by atoms with Gasteiger partial charge in [-0.15, -0.1) is 23.2 Å². The van der Waals surface area contributed by atoms with E-state index in [-0.39, 0.29) is 6.61 Å². The number of nitrogens with zero attached hydrogens (tertiary/aromatic N) is 1. The molecule has 0 aliphatic heterocycles. The third kappa shape index (κ3) is 3.03. The number of fused-ring (bicyclic) bond motifs is 3. The highest BCUT2D eigenvalue weighted by Crippen LogP contribution is 2.64. The number of aryl methyl sites for hydroxylation is 1. The van der Waals surface area contributed by atoms with Crippen LogP contribution >= 0.6 is 23.2 Å². The fourth-order valence-electron chi connectivity index (χ4n) is 3.58. The number of carbonyl (C=O) groups is 2. The summed E-state index contributed by atoms with van der Waals surface area (Å²) >= 11 is 11.9. The number of amides is 1. The first-order valence-corrected chi connectivity index (χ1v) is 9.88. The molecule has 0 saturated heterocycles. The van der Waals surface area contributed by atoms with E-state index in [1.807, 2.05) is 30.3 Å². The number of aromatic nitrogens is 1. The zero-order valence-electron chi connectivity index (χ0n) is 15.6. The van der Waals surface area contributed by atoms with Gasteiger partial charge in [0, 0.05) is 40.5 Å². The van der Waals surface area contributed by atoms with Gasteiger partial charge in [0.05, 0.1) is 0 Å². The van der Waals surface area contributed by atoms with Gasteiger partial charge in [-0.25, -0.2) is 0 Å². The monoisotopic (exact) mass is 418 g/mol. The molecule has 1 aromatic heterocycles. The molecule has 7 heteroatoms. The normalized spacial score (nSPS) is 20.3. The first-order valence-electron chi connectivity index (χ1n) is 9.13. The van der Waals surface area contributed by atoms with Crippen molar-refractivity contribution in [1.29, 1.82) is 0 Å². The fourth-order valence-corrected chi connectivity index (χ4v) is 4.27. The standard InChI is InChI=1S/C21H20Cl2N2O3/c1-3-25-16-7-5-4-6-14(16)15-10-13(8-9-17(15)25)24-18(26)11-28-19(27)20(2)12-21(20,22)23/h4-10H,3,11-12H2,1-2H3,(H,24,26)/t20-/m1/s1. The van der Waals surface area contributed by atoms with Crippen molar-refractivity contribution in [3.05, 3.63) is 42.5 Å². The zero-order chi connectivity index (χ0) is 20.1. The maximum absolute atomic E-state index is 12.2. The SMILES string of the molecule is CCn1c2ccccc2c2cc(NC(=O)COC(=O)[C@@]3(C)CC3(Cl)Cl)ccc21. The number of halogens is 2. The lowest BCUT2D eigenvalue weighted by molar-refractivity contribution is -0.152. The molecule has 28 heavy (non-hydrogen) atoms. The Balaban J connectivity index is 1.50.